The number of Topliss-reactive ketones (excluding diaryl/α,β-unsaturated/α-hetero) is 1. The summed E-state index contributed by atoms with van der Waals surface area (Å²) in [6, 6.07) is 3.52. The summed E-state index contributed by atoms with van der Waals surface area (Å²) in [6.45, 7) is 6.90. The zero-order valence-corrected chi connectivity index (χ0v) is 8.84. The van der Waals surface area contributed by atoms with Crippen molar-refractivity contribution in [1.29, 1.82) is 0 Å². The molecule has 0 aliphatic carbocycles. The first-order chi connectivity index (χ1) is 6.65. The second kappa shape index (κ2) is 4.58. The molecule has 1 aromatic heterocycles. The summed E-state index contributed by atoms with van der Waals surface area (Å²) >= 11 is 1.35. The van der Waals surface area contributed by atoms with Crippen LogP contribution in [0.5, 0.6) is 0 Å². The Hall–Kier alpha value is -1.60. The Morgan fingerprint density at radius 2 is 2.36 bits per heavy atom. The fourth-order valence-corrected chi connectivity index (χ4v) is 1.59. The number of thiophene rings is 1. The van der Waals surface area contributed by atoms with Gasteiger partial charge in [-0.2, -0.15) is 0 Å². The average Bonchev–Trinajstić information content (AvgIpc) is 2.65. The maximum Gasteiger partial charge on any atom is 0.250 e. The SMILES string of the molecule is [C-]#[N+]C(=CN(C)C)C(=O)c1cccs1. The second-order valence-electron chi connectivity index (χ2n) is 2.90. The topological polar surface area (TPSA) is 24.7 Å². The number of hydrogen-bond donors (Lipinski definition) is 0. The zero-order valence-electron chi connectivity index (χ0n) is 8.02. The van der Waals surface area contributed by atoms with Crippen LogP contribution in [0.3, 0.4) is 0 Å². The van der Waals surface area contributed by atoms with Gasteiger partial charge in [0.1, 0.15) is 0 Å². The third-order valence-electron chi connectivity index (χ3n) is 1.48. The van der Waals surface area contributed by atoms with Crippen LogP contribution in [0.25, 0.3) is 4.85 Å². The molecule has 0 aliphatic heterocycles. The maximum atomic E-state index is 11.7. The van der Waals surface area contributed by atoms with Crippen molar-refractivity contribution in [2.75, 3.05) is 14.1 Å². The lowest BCUT2D eigenvalue weighted by Crippen LogP contribution is -2.06. The molecule has 14 heavy (non-hydrogen) atoms. The number of rotatable bonds is 3. The number of hydrogen-bond acceptors (Lipinski definition) is 3. The lowest BCUT2D eigenvalue weighted by Gasteiger charge is -2.04. The summed E-state index contributed by atoms with van der Waals surface area (Å²) in [6.07, 6.45) is 1.54. The molecule has 4 heteroatoms. The smallest absolute Gasteiger partial charge is 0.250 e. The Bertz CT molecular complexity index is 385. The van der Waals surface area contributed by atoms with E-state index in [0.717, 1.165) is 0 Å². The fraction of sp³-hybridized carbons (Fsp3) is 0.200. The van der Waals surface area contributed by atoms with Gasteiger partial charge >= 0.3 is 0 Å². The van der Waals surface area contributed by atoms with E-state index in [9.17, 15) is 4.79 Å². The highest BCUT2D eigenvalue weighted by Gasteiger charge is 2.13. The third-order valence-corrected chi connectivity index (χ3v) is 2.35. The van der Waals surface area contributed by atoms with Crippen LogP contribution < -0.4 is 0 Å². The molecular weight excluding hydrogens is 196 g/mol. The van der Waals surface area contributed by atoms with Crippen LogP contribution in [0.4, 0.5) is 0 Å². The van der Waals surface area contributed by atoms with E-state index >= 15 is 0 Å². The first-order valence-corrected chi connectivity index (χ1v) is 4.87. The molecule has 0 fully saturated rings. The van der Waals surface area contributed by atoms with Crippen LogP contribution >= 0.6 is 11.3 Å². The van der Waals surface area contributed by atoms with Crippen LogP contribution in [0, 0.1) is 6.57 Å². The number of carbonyl (C=O) groups is 1. The van der Waals surface area contributed by atoms with Gasteiger partial charge in [0.25, 0.3) is 0 Å². The van der Waals surface area contributed by atoms with Crippen molar-refractivity contribution in [2.45, 2.75) is 0 Å². The summed E-state index contributed by atoms with van der Waals surface area (Å²) < 4.78 is 0. The van der Waals surface area contributed by atoms with E-state index in [2.05, 4.69) is 4.85 Å². The summed E-state index contributed by atoms with van der Waals surface area (Å²) in [5, 5.41) is 1.82. The molecule has 1 heterocycles. The zero-order chi connectivity index (χ0) is 10.6. The summed E-state index contributed by atoms with van der Waals surface area (Å²) in [5.41, 5.74) is 0.150. The van der Waals surface area contributed by atoms with Gasteiger partial charge in [-0.3, -0.25) is 0 Å². The number of carbonyl (C=O) groups excluding carboxylic acids is 1. The quantitative estimate of drug-likeness (QED) is 0.430. The van der Waals surface area contributed by atoms with E-state index in [1.54, 1.807) is 31.1 Å². The highest BCUT2D eigenvalue weighted by Crippen LogP contribution is 2.15. The number of nitrogens with zero attached hydrogens (tertiary/aromatic N) is 2. The molecule has 0 aliphatic rings. The summed E-state index contributed by atoms with van der Waals surface area (Å²) in [4.78, 5) is 17.2. The fourth-order valence-electron chi connectivity index (χ4n) is 0.917. The minimum Gasteiger partial charge on any atom is -0.393 e. The van der Waals surface area contributed by atoms with Crippen LogP contribution in [0.15, 0.2) is 29.4 Å². The molecule has 3 nitrogen and oxygen atoms in total. The van der Waals surface area contributed by atoms with Crippen molar-refractivity contribution < 1.29 is 4.79 Å². The molecule has 0 saturated carbocycles. The molecule has 0 bridgehead atoms. The highest BCUT2D eigenvalue weighted by molar-refractivity contribution is 7.12. The summed E-state index contributed by atoms with van der Waals surface area (Å²) in [5.74, 6) is -0.205. The van der Waals surface area contributed by atoms with E-state index in [4.69, 9.17) is 6.57 Å². The normalized spacial score (nSPS) is 10.8. The summed E-state index contributed by atoms with van der Waals surface area (Å²) in [7, 11) is 3.57. The number of ketones is 1. The Labute approximate surface area is 87.1 Å². The van der Waals surface area contributed by atoms with Crippen molar-refractivity contribution in [1.82, 2.24) is 4.90 Å². The largest absolute Gasteiger partial charge is 0.393 e. The molecule has 0 amide bonds. The van der Waals surface area contributed by atoms with Gasteiger partial charge in [0.2, 0.25) is 11.5 Å². The van der Waals surface area contributed by atoms with Crippen LogP contribution in [0.2, 0.25) is 0 Å². The molecule has 1 rings (SSSR count). The molecule has 72 valence electrons. The minimum absolute atomic E-state index is 0.150. The van der Waals surface area contributed by atoms with Gasteiger partial charge in [-0.05, 0) is 11.4 Å². The van der Waals surface area contributed by atoms with Gasteiger partial charge < -0.3 is 9.69 Å². The first-order valence-electron chi connectivity index (χ1n) is 3.99. The van der Waals surface area contributed by atoms with E-state index in [0.29, 0.717) is 4.88 Å². The molecule has 0 radical (unpaired) electrons. The first kappa shape index (κ1) is 10.5. The van der Waals surface area contributed by atoms with E-state index in [-0.39, 0.29) is 11.5 Å². The van der Waals surface area contributed by atoms with Crippen molar-refractivity contribution in [3.05, 3.63) is 45.7 Å². The molecule has 0 spiro atoms. The Kier molecular flexibility index (Phi) is 3.43. The Morgan fingerprint density at radius 1 is 1.64 bits per heavy atom. The van der Waals surface area contributed by atoms with Crippen molar-refractivity contribution in [3.63, 3.8) is 0 Å². The van der Waals surface area contributed by atoms with Crippen molar-refractivity contribution >= 4 is 17.1 Å². The van der Waals surface area contributed by atoms with Crippen LogP contribution in [-0.2, 0) is 0 Å². The van der Waals surface area contributed by atoms with Crippen molar-refractivity contribution in [2.24, 2.45) is 0 Å². The highest BCUT2D eigenvalue weighted by atomic mass is 32.1. The lowest BCUT2D eigenvalue weighted by molar-refractivity contribution is 0.104. The van der Waals surface area contributed by atoms with Gasteiger partial charge in [0.05, 0.1) is 11.4 Å². The van der Waals surface area contributed by atoms with Crippen molar-refractivity contribution in [3.8, 4) is 0 Å². The second-order valence-corrected chi connectivity index (χ2v) is 3.84. The standard InChI is InChI=1S/C10H10N2OS/c1-11-8(7-12(2)3)10(13)9-5-4-6-14-9/h4-7H,2-3H3. The average molecular weight is 206 g/mol. The Morgan fingerprint density at radius 3 is 2.79 bits per heavy atom. The van der Waals surface area contributed by atoms with Gasteiger partial charge in [0, 0.05) is 20.3 Å². The predicted molar refractivity (Wildman–Crippen MR) is 57.0 cm³/mol. The molecular formula is C10H10N2OS. The monoisotopic (exact) mass is 206 g/mol. The van der Waals surface area contributed by atoms with Crippen LogP contribution in [0.1, 0.15) is 9.67 Å². The third kappa shape index (κ3) is 2.44. The molecule has 0 N–H and O–H groups in total. The Balaban J connectivity index is 2.94. The predicted octanol–water partition coefficient (Wildman–Crippen LogP) is 2.25. The van der Waals surface area contributed by atoms with Crippen LogP contribution in [-0.4, -0.2) is 24.8 Å². The van der Waals surface area contributed by atoms with Gasteiger partial charge in [-0.15, -0.1) is 11.3 Å². The molecule has 0 aromatic carbocycles. The lowest BCUT2D eigenvalue weighted by atomic mass is 10.2. The van der Waals surface area contributed by atoms with E-state index in [1.807, 2.05) is 5.38 Å². The molecule has 0 unspecified atom stereocenters. The minimum atomic E-state index is -0.205. The molecule has 0 atom stereocenters. The maximum absolute atomic E-state index is 11.7. The van der Waals surface area contributed by atoms with Gasteiger partial charge in [-0.1, -0.05) is 6.07 Å². The van der Waals surface area contributed by atoms with Gasteiger partial charge in [0.15, 0.2) is 0 Å². The van der Waals surface area contributed by atoms with E-state index in [1.165, 1.54) is 17.5 Å². The molecule has 1 aromatic rings. The molecule has 0 saturated heterocycles. The number of allylic oxidation sites excluding steroid dienone is 1. The van der Waals surface area contributed by atoms with E-state index < -0.39 is 0 Å². The van der Waals surface area contributed by atoms with Gasteiger partial charge in [-0.25, -0.2) is 4.85 Å².